The molecule has 3 saturated heterocycles. The Bertz CT molecular complexity index is 301. The zero-order chi connectivity index (χ0) is 10.0. The summed E-state index contributed by atoms with van der Waals surface area (Å²) in [6, 6.07) is 0. The molecule has 6 atom stereocenters. The van der Waals surface area contributed by atoms with Crippen molar-refractivity contribution in [3.05, 3.63) is 0 Å². The number of ether oxygens (including phenoxy) is 2. The lowest BCUT2D eigenvalue weighted by Crippen LogP contribution is -2.42. The fraction of sp³-hybridized carbons (Fsp3) is 0.750. The van der Waals surface area contributed by atoms with Gasteiger partial charge in [-0.3, -0.25) is 9.59 Å². The Hall–Kier alpha value is -0.320. The molecular weight excluding hydrogens is 231 g/mol. The van der Waals surface area contributed by atoms with E-state index in [1.54, 1.807) is 0 Å². The molecule has 3 aliphatic heterocycles. The van der Waals surface area contributed by atoms with Crippen LogP contribution in [0, 0.1) is 11.8 Å². The Morgan fingerprint density at radius 3 is 1.79 bits per heavy atom. The molecule has 3 rings (SSSR count). The molecule has 3 fully saturated rings. The van der Waals surface area contributed by atoms with E-state index in [1.165, 1.54) is 0 Å². The third kappa shape index (κ3) is 0.846. The summed E-state index contributed by atoms with van der Waals surface area (Å²) in [4.78, 5) is 22.6. The van der Waals surface area contributed by atoms with Crippen LogP contribution in [0.2, 0.25) is 0 Å². The molecule has 3 aliphatic rings. The van der Waals surface area contributed by atoms with Crippen LogP contribution >= 0.6 is 23.2 Å². The number of fused-ring (bicyclic) bond motifs is 5. The maximum atomic E-state index is 11.3. The number of carbonyl (C=O) groups excluding carboxylic acids is 2. The molecule has 0 aromatic carbocycles. The first-order chi connectivity index (χ1) is 6.61. The summed E-state index contributed by atoms with van der Waals surface area (Å²) in [5.74, 6) is -2.13. The van der Waals surface area contributed by atoms with Gasteiger partial charge < -0.3 is 9.47 Å². The maximum Gasteiger partial charge on any atom is 0.320 e. The molecule has 0 aromatic rings. The molecule has 4 nitrogen and oxygen atoms in total. The van der Waals surface area contributed by atoms with Crippen molar-refractivity contribution in [1.29, 1.82) is 0 Å². The van der Waals surface area contributed by atoms with E-state index >= 15 is 0 Å². The van der Waals surface area contributed by atoms with Gasteiger partial charge in [0.05, 0.1) is 23.0 Å². The van der Waals surface area contributed by atoms with E-state index in [9.17, 15) is 9.59 Å². The highest BCUT2D eigenvalue weighted by atomic mass is 35.5. The lowest BCUT2D eigenvalue weighted by molar-refractivity contribution is -0.156. The van der Waals surface area contributed by atoms with Crippen LogP contribution in [0.4, 0.5) is 0 Å². The fourth-order valence-corrected chi connectivity index (χ4v) is 3.18. The fourth-order valence-electron chi connectivity index (χ4n) is 2.46. The van der Waals surface area contributed by atoms with Crippen molar-refractivity contribution in [2.24, 2.45) is 11.8 Å². The van der Waals surface area contributed by atoms with E-state index in [2.05, 4.69) is 4.74 Å². The Morgan fingerprint density at radius 2 is 1.36 bits per heavy atom. The minimum Gasteiger partial charge on any atom is -0.393 e. The summed E-state index contributed by atoms with van der Waals surface area (Å²) in [7, 11) is 0. The average molecular weight is 237 g/mol. The number of hydrogen-bond donors (Lipinski definition) is 0. The van der Waals surface area contributed by atoms with Crippen LogP contribution in [0.25, 0.3) is 0 Å². The lowest BCUT2D eigenvalue weighted by Gasteiger charge is -2.23. The highest BCUT2D eigenvalue weighted by Crippen LogP contribution is 2.51. The van der Waals surface area contributed by atoms with Crippen LogP contribution in [0.5, 0.6) is 0 Å². The molecular formula is C8H6Cl2O4. The summed E-state index contributed by atoms with van der Waals surface area (Å²) >= 11 is 11.9. The molecule has 76 valence electrons. The van der Waals surface area contributed by atoms with Crippen LogP contribution in [0.1, 0.15) is 0 Å². The van der Waals surface area contributed by atoms with Crippen molar-refractivity contribution in [2.75, 3.05) is 0 Å². The van der Waals surface area contributed by atoms with Gasteiger partial charge in [0.15, 0.2) is 0 Å². The zero-order valence-corrected chi connectivity index (χ0v) is 8.36. The van der Waals surface area contributed by atoms with Gasteiger partial charge in [0, 0.05) is 0 Å². The SMILES string of the molecule is O=C1OC(=O)C2C3OC(C(Cl)C3Cl)C12. The van der Waals surface area contributed by atoms with Gasteiger partial charge in [-0.2, -0.15) is 0 Å². The molecule has 0 saturated carbocycles. The predicted octanol–water partition coefficient (Wildman–Crippen LogP) is 0.298. The van der Waals surface area contributed by atoms with Gasteiger partial charge in [-0.05, 0) is 0 Å². The van der Waals surface area contributed by atoms with Crippen LogP contribution < -0.4 is 0 Å². The number of alkyl halides is 2. The standard InChI is InChI=1S/C8H6Cl2O4/c9-3-4(10)6-2-1(5(3)13-6)7(11)14-8(2)12/h1-6H. The molecule has 0 aromatic heterocycles. The second-order valence-corrected chi connectivity index (χ2v) is 4.75. The number of esters is 2. The van der Waals surface area contributed by atoms with Gasteiger partial charge in [-0.15, -0.1) is 23.2 Å². The summed E-state index contributed by atoms with van der Waals surface area (Å²) in [5.41, 5.74) is 0. The van der Waals surface area contributed by atoms with Crippen molar-refractivity contribution >= 4 is 35.1 Å². The first-order valence-electron chi connectivity index (χ1n) is 4.30. The van der Waals surface area contributed by atoms with Crippen molar-refractivity contribution in [3.63, 3.8) is 0 Å². The third-order valence-electron chi connectivity index (χ3n) is 3.09. The number of hydrogen-bond acceptors (Lipinski definition) is 4. The molecule has 0 spiro atoms. The van der Waals surface area contributed by atoms with Gasteiger partial charge in [0.25, 0.3) is 0 Å². The van der Waals surface area contributed by atoms with Gasteiger partial charge in [0.2, 0.25) is 0 Å². The van der Waals surface area contributed by atoms with Crippen molar-refractivity contribution in [1.82, 2.24) is 0 Å². The number of carbonyl (C=O) groups is 2. The van der Waals surface area contributed by atoms with Crippen LogP contribution in [-0.4, -0.2) is 34.9 Å². The largest absolute Gasteiger partial charge is 0.393 e. The minimum atomic E-state index is -0.537. The Morgan fingerprint density at radius 1 is 0.929 bits per heavy atom. The summed E-state index contributed by atoms with van der Waals surface area (Å²) in [6.07, 6.45) is -0.929. The molecule has 0 aliphatic carbocycles. The third-order valence-corrected chi connectivity index (χ3v) is 4.26. The Labute approximate surface area is 89.4 Å². The Balaban J connectivity index is 2.01. The predicted molar refractivity (Wildman–Crippen MR) is 46.0 cm³/mol. The van der Waals surface area contributed by atoms with E-state index in [-0.39, 0.29) is 0 Å². The van der Waals surface area contributed by atoms with Crippen molar-refractivity contribution < 1.29 is 19.1 Å². The lowest BCUT2D eigenvalue weighted by atomic mass is 9.80. The second kappa shape index (κ2) is 2.62. The van der Waals surface area contributed by atoms with E-state index in [0.717, 1.165) is 0 Å². The normalized spacial score (nSPS) is 55.0. The van der Waals surface area contributed by atoms with E-state index in [1.807, 2.05) is 0 Å². The maximum absolute atomic E-state index is 11.3. The first-order valence-corrected chi connectivity index (χ1v) is 5.17. The summed E-state index contributed by atoms with van der Waals surface area (Å²) in [5, 5.41) is -0.831. The molecule has 6 heteroatoms. The van der Waals surface area contributed by atoms with Crippen LogP contribution in [0.3, 0.4) is 0 Å². The second-order valence-electron chi connectivity index (χ2n) is 3.75. The minimum absolute atomic E-state index is 0.415. The number of halogens is 2. The van der Waals surface area contributed by atoms with Gasteiger partial charge in [-0.25, -0.2) is 0 Å². The van der Waals surface area contributed by atoms with Gasteiger partial charge >= 0.3 is 11.9 Å². The number of rotatable bonds is 0. The van der Waals surface area contributed by atoms with Crippen molar-refractivity contribution in [2.45, 2.75) is 23.0 Å². The molecule has 0 radical (unpaired) electrons. The van der Waals surface area contributed by atoms with E-state index in [0.29, 0.717) is 0 Å². The Kier molecular flexibility index (Phi) is 1.68. The first kappa shape index (κ1) is 8.95. The van der Waals surface area contributed by atoms with Gasteiger partial charge in [-0.1, -0.05) is 0 Å². The number of cyclic esters (lactones) is 2. The van der Waals surface area contributed by atoms with Crippen LogP contribution in [0.15, 0.2) is 0 Å². The molecule has 14 heavy (non-hydrogen) atoms. The highest BCUT2D eigenvalue weighted by molar-refractivity contribution is 6.31. The van der Waals surface area contributed by atoms with Gasteiger partial charge in [0.1, 0.15) is 11.8 Å². The monoisotopic (exact) mass is 236 g/mol. The smallest absolute Gasteiger partial charge is 0.320 e. The average Bonchev–Trinajstić information content (AvgIpc) is 2.71. The molecule has 3 heterocycles. The van der Waals surface area contributed by atoms with Crippen LogP contribution in [-0.2, 0) is 19.1 Å². The molecule has 0 amide bonds. The molecule has 2 bridgehead atoms. The van der Waals surface area contributed by atoms with E-state index < -0.39 is 46.7 Å². The summed E-state index contributed by atoms with van der Waals surface area (Å²) < 4.78 is 9.95. The molecule has 0 N–H and O–H groups in total. The topological polar surface area (TPSA) is 52.6 Å². The summed E-state index contributed by atoms with van der Waals surface area (Å²) in [6.45, 7) is 0. The van der Waals surface area contributed by atoms with Crippen molar-refractivity contribution in [3.8, 4) is 0 Å². The molecule has 6 unspecified atom stereocenters. The van der Waals surface area contributed by atoms with E-state index in [4.69, 9.17) is 27.9 Å². The zero-order valence-electron chi connectivity index (χ0n) is 6.85. The highest BCUT2D eigenvalue weighted by Gasteiger charge is 2.67. The quantitative estimate of drug-likeness (QED) is 0.345.